The molecule has 0 saturated carbocycles. The van der Waals surface area contributed by atoms with Crippen LogP contribution >= 0.6 is 8.25 Å². The SMILES string of the molecule is CCCCCCCCCCCCCCCCO[PH](=O)[O-].[Na+]. The molecule has 0 N–H and O–H groups in total. The van der Waals surface area contributed by atoms with E-state index in [0.29, 0.717) is 6.61 Å². The molecule has 0 aromatic heterocycles. The van der Waals surface area contributed by atoms with Crippen LogP contribution in [0.5, 0.6) is 0 Å². The van der Waals surface area contributed by atoms with Crippen molar-refractivity contribution >= 4 is 8.25 Å². The summed E-state index contributed by atoms with van der Waals surface area (Å²) < 4.78 is 14.7. The average Bonchev–Trinajstić information content (AvgIpc) is 2.43. The van der Waals surface area contributed by atoms with E-state index in [1.807, 2.05) is 0 Å². The van der Waals surface area contributed by atoms with E-state index >= 15 is 0 Å². The van der Waals surface area contributed by atoms with E-state index in [4.69, 9.17) is 0 Å². The van der Waals surface area contributed by atoms with Gasteiger partial charge in [-0.3, -0.25) is 0 Å². The van der Waals surface area contributed by atoms with Crippen molar-refractivity contribution in [3.63, 3.8) is 0 Å². The molecular weight excluding hydrogens is 294 g/mol. The Balaban J connectivity index is 0. The van der Waals surface area contributed by atoms with Crippen molar-refractivity contribution in [2.24, 2.45) is 0 Å². The Morgan fingerprint density at radius 3 is 1.38 bits per heavy atom. The van der Waals surface area contributed by atoms with Crippen molar-refractivity contribution in [3.8, 4) is 0 Å². The summed E-state index contributed by atoms with van der Waals surface area (Å²) in [6.07, 6.45) is 18.3. The number of hydrogen-bond acceptors (Lipinski definition) is 3. The Bertz CT molecular complexity index is 216. The summed E-state index contributed by atoms with van der Waals surface area (Å²) >= 11 is 0. The van der Waals surface area contributed by atoms with Crippen LogP contribution in [-0.2, 0) is 9.09 Å². The monoisotopic (exact) mass is 328 g/mol. The van der Waals surface area contributed by atoms with Gasteiger partial charge in [-0.15, -0.1) is 0 Å². The van der Waals surface area contributed by atoms with Crippen LogP contribution in [0.4, 0.5) is 0 Å². The molecule has 0 aliphatic carbocycles. The number of hydrogen-bond donors (Lipinski definition) is 0. The smallest absolute Gasteiger partial charge is 0.781 e. The third kappa shape index (κ3) is 23.5. The van der Waals surface area contributed by atoms with Gasteiger partial charge in [0.25, 0.3) is 0 Å². The van der Waals surface area contributed by atoms with Gasteiger partial charge in [-0.1, -0.05) is 90.4 Å². The largest absolute Gasteiger partial charge is 1.00 e. The van der Waals surface area contributed by atoms with Crippen LogP contribution < -0.4 is 34.5 Å². The predicted molar refractivity (Wildman–Crippen MR) is 85.3 cm³/mol. The summed E-state index contributed by atoms with van der Waals surface area (Å²) in [6.45, 7) is 2.64. The first-order valence-electron chi connectivity index (χ1n) is 8.61. The van der Waals surface area contributed by atoms with E-state index in [9.17, 15) is 9.46 Å². The molecule has 0 amide bonds. The first-order chi connectivity index (χ1) is 9.77. The van der Waals surface area contributed by atoms with Gasteiger partial charge in [-0.05, 0) is 6.42 Å². The van der Waals surface area contributed by atoms with Crippen LogP contribution in [0.15, 0.2) is 0 Å². The standard InChI is InChI=1S/C16H35O3P.Na/c1-2-3-4-5-6-7-8-9-10-11-12-13-14-15-16-19-20(17)18;/h20H,2-16H2,1H3,(H,17,18);/q;+1/p-1. The molecule has 0 bridgehead atoms. The molecule has 122 valence electrons. The molecule has 0 aromatic carbocycles. The molecule has 0 heterocycles. The summed E-state index contributed by atoms with van der Waals surface area (Å²) in [5, 5.41) is 0. The molecule has 0 aromatic rings. The van der Waals surface area contributed by atoms with Gasteiger partial charge in [-0.25, -0.2) is 0 Å². The van der Waals surface area contributed by atoms with Gasteiger partial charge in [0.2, 0.25) is 0 Å². The minimum absolute atomic E-state index is 0. The topological polar surface area (TPSA) is 49.4 Å². The maximum atomic E-state index is 10.2. The fraction of sp³-hybridized carbons (Fsp3) is 1.00. The molecule has 0 aliphatic heterocycles. The Hall–Kier alpha value is 1.15. The fourth-order valence-electron chi connectivity index (χ4n) is 2.45. The first-order valence-corrected chi connectivity index (χ1v) is 9.83. The molecule has 1 atom stereocenters. The second-order valence-electron chi connectivity index (χ2n) is 5.69. The van der Waals surface area contributed by atoms with Crippen LogP contribution in [0.25, 0.3) is 0 Å². The zero-order chi connectivity index (χ0) is 14.9. The van der Waals surface area contributed by atoms with Crippen molar-refractivity contribution in [3.05, 3.63) is 0 Å². The van der Waals surface area contributed by atoms with E-state index < -0.39 is 8.25 Å². The molecule has 0 fully saturated rings. The van der Waals surface area contributed by atoms with Gasteiger partial charge in [0, 0.05) is 0 Å². The minimum atomic E-state index is -2.95. The Kier molecular flexibility index (Phi) is 24.6. The van der Waals surface area contributed by atoms with E-state index in [0.717, 1.165) is 12.8 Å². The van der Waals surface area contributed by atoms with E-state index in [2.05, 4.69) is 11.4 Å². The quantitative estimate of drug-likeness (QED) is 0.248. The summed E-state index contributed by atoms with van der Waals surface area (Å²) in [6, 6.07) is 0. The molecule has 21 heavy (non-hydrogen) atoms. The number of unbranched alkanes of at least 4 members (excludes halogenated alkanes) is 13. The van der Waals surface area contributed by atoms with Gasteiger partial charge in [0.15, 0.2) is 0 Å². The molecule has 0 spiro atoms. The predicted octanol–water partition coefficient (Wildman–Crippen LogP) is 2.24. The second kappa shape index (κ2) is 21.1. The Labute approximate surface area is 154 Å². The Morgan fingerprint density at radius 1 is 0.714 bits per heavy atom. The molecule has 3 nitrogen and oxygen atoms in total. The number of rotatable bonds is 16. The third-order valence-electron chi connectivity index (χ3n) is 3.72. The van der Waals surface area contributed by atoms with Crippen molar-refractivity contribution < 1.29 is 43.5 Å². The van der Waals surface area contributed by atoms with Crippen LogP contribution in [0.3, 0.4) is 0 Å². The maximum Gasteiger partial charge on any atom is 1.00 e. The van der Waals surface area contributed by atoms with Crippen molar-refractivity contribution in [2.75, 3.05) is 6.61 Å². The van der Waals surface area contributed by atoms with Crippen molar-refractivity contribution in [1.82, 2.24) is 0 Å². The third-order valence-corrected chi connectivity index (χ3v) is 4.16. The summed E-state index contributed by atoms with van der Waals surface area (Å²) in [4.78, 5) is 10.2. The van der Waals surface area contributed by atoms with Crippen LogP contribution in [0, 0.1) is 0 Å². The van der Waals surface area contributed by atoms with Crippen LogP contribution in [0.2, 0.25) is 0 Å². The van der Waals surface area contributed by atoms with Gasteiger partial charge >= 0.3 is 29.6 Å². The summed E-state index contributed by atoms with van der Waals surface area (Å²) in [7, 11) is -2.95. The van der Waals surface area contributed by atoms with Gasteiger partial charge in [0.05, 0.1) is 6.61 Å². The zero-order valence-electron chi connectivity index (χ0n) is 14.3. The molecule has 0 saturated heterocycles. The minimum Gasteiger partial charge on any atom is -0.781 e. The second-order valence-corrected chi connectivity index (χ2v) is 6.48. The van der Waals surface area contributed by atoms with Crippen LogP contribution in [0.1, 0.15) is 96.8 Å². The zero-order valence-corrected chi connectivity index (χ0v) is 17.3. The Morgan fingerprint density at radius 2 is 1.05 bits per heavy atom. The summed E-state index contributed by atoms with van der Waals surface area (Å²) in [5.41, 5.74) is 0. The normalized spacial score (nSPS) is 12.1. The maximum absolute atomic E-state index is 10.2. The fourth-order valence-corrected chi connectivity index (χ4v) is 2.76. The summed E-state index contributed by atoms with van der Waals surface area (Å²) in [5.74, 6) is 0. The van der Waals surface area contributed by atoms with Gasteiger partial charge in [0.1, 0.15) is 8.25 Å². The van der Waals surface area contributed by atoms with Crippen molar-refractivity contribution in [2.45, 2.75) is 96.8 Å². The molecular formula is C16H34NaO3P. The van der Waals surface area contributed by atoms with Crippen LogP contribution in [-0.4, -0.2) is 6.61 Å². The van der Waals surface area contributed by atoms with E-state index in [-0.39, 0.29) is 29.6 Å². The molecule has 1 unspecified atom stereocenters. The van der Waals surface area contributed by atoms with Crippen molar-refractivity contribution in [1.29, 1.82) is 0 Å². The first kappa shape index (κ1) is 24.4. The van der Waals surface area contributed by atoms with E-state index in [1.54, 1.807) is 0 Å². The molecule has 5 heteroatoms. The average molecular weight is 328 g/mol. The van der Waals surface area contributed by atoms with Gasteiger partial charge < -0.3 is 14.0 Å². The van der Waals surface area contributed by atoms with Gasteiger partial charge in [-0.2, -0.15) is 0 Å². The molecule has 0 radical (unpaired) electrons. The molecule has 0 rings (SSSR count). The van der Waals surface area contributed by atoms with E-state index in [1.165, 1.54) is 77.0 Å². The molecule has 0 aliphatic rings.